The number of hydrogen-bond acceptors (Lipinski definition) is 6. The van der Waals surface area contributed by atoms with Crippen LogP contribution in [0.4, 0.5) is 5.00 Å². The Hall–Kier alpha value is -2.39. The molecule has 0 aliphatic heterocycles. The summed E-state index contributed by atoms with van der Waals surface area (Å²) in [7, 11) is 1.36. The van der Waals surface area contributed by atoms with Crippen molar-refractivity contribution in [2.45, 2.75) is 26.2 Å². The van der Waals surface area contributed by atoms with Crippen LogP contribution in [0.3, 0.4) is 0 Å². The quantitative estimate of drug-likeness (QED) is 0.419. The molecule has 0 saturated carbocycles. The van der Waals surface area contributed by atoms with Gasteiger partial charge in [-0.25, -0.2) is 4.79 Å². The zero-order chi connectivity index (χ0) is 18.7. The van der Waals surface area contributed by atoms with Crippen LogP contribution in [0.1, 0.15) is 44.7 Å². The van der Waals surface area contributed by atoms with Gasteiger partial charge in [0.1, 0.15) is 5.00 Å². The average molecular weight is 393 g/mol. The highest BCUT2D eigenvalue weighted by atomic mass is 32.1. The van der Waals surface area contributed by atoms with Gasteiger partial charge in [0.05, 0.1) is 18.9 Å². The number of rotatable bonds is 3. The molecule has 0 aromatic carbocycles. The van der Waals surface area contributed by atoms with Gasteiger partial charge in [0.15, 0.2) is 10.9 Å². The summed E-state index contributed by atoms with van der Waals surface area (Å²) in [6.45, 7) is 2.20. The Bertz CT molecular complexity index is 829. The molecule has 0 bridgehead atoms. The highest BCUT2D eigenvalue weighted by Gasteiger charge is 2.28. The fourth-order valence-electron chi connectivity index (χ4n) is 2.87. The molecule has 138 valence electrons. The van der Waals surface area contributed by atoms with Crippen molar-refractivity contribution in [2.75, 3.05) is 12.4 Å². The summed E-state index contributed by atoms with van der Waals surface area (Å²) < 4.78 is 9.94. The van der Waals surface area contributed by atoms with Gasteiger partial charge in [-0.2, -0.15) is 0 Å². The molecular weight excluding hydrogens is 374 g/mol. The zero-order valence-corrected chi connectivity index (χ0v) is 16.0. The first-order valence-corrected chi connectivity index (χ1v) is 9.35. The second-order valence-electron chi connectivity index (χ2n) is 6.06. The molecular formula is C17H19N3O4S2. The summed E-state index contributed by atoms with van der Waals surface area (Å²) in [5, 5.41) is 3.79. The maximum Gasteiger partial charge on any atom is 0.341 e. The number of carbonyl (C=O) groups excluding carboxylic acids is 2. The molecule has 0 saturated heterocycles. The van der Waals surface area contributed by atoms with E-state index in [9.17, 15) is 9.59 Å². The first-order valence-electron chi connectivity index (χ1n) is 8.13. The van der Waals surface area contributed by atoms with E-state index in [0.29, 0.717) is 16.5 Å². The van der Waals surface area contributed by atoms with E-state index in [1.165, 1.54) is 35.7 Å². The van der Waals surface area contributed by atoms with Gasteiger partial charge in [0.2, 0.25) is 0 Å². The van der Waals surface area contributed by atoms with Gasteiger partial charge in [0, 0.05) is 4.88 Å². The van der Waals surface area contributed by atoms with E-state index >= 15 is 0 Å². The Morgan fingerprint density at radius 3 is 2.88 bits per heavy atom. The van der Waals surface area contributed by atoms with Gasteiger partial charge in [-0.3, -0.25) is 15.6 Å². The standard InChI is InChI=1S/C17H19N3O4S2/c1-9-5-6-10-12(8-9)26-15(13(10)16(22)23-2)18-17(25)20-19-14(21)11-4-3-7-24-11/h3-4,7,9H,5-6,8H2,1-2H3,(H,19,21)(H2,18,20,25)/t9-/m1/s1. The lowest BCUT2D eigenvalue weighted by atomic mass is 9.88. The number of nitrogens with one attached hydrogen (secondary N) is 3. The molecule has 7 nitrogen and oxygen atoms in total. The fraction of sp³-hybridized carbons (Fsp3) is 0.353. The number of hydrogen-bond donors (Lipinski definition) is 3. The number of thiophene rings is 1. The molecule has 1 atom stereocenters. The third kappa shape index (κ3) is 3.88. The Kier molecular flexibility index (Phi) is 5.58. The molecule has 1 aliphatic carbocycles. The molecule has 0 unspecified atom stereocenters. The predicted octanol–water partition coefficient (Wildman–Crippen LogP) is 2.88. The van der Waals surface area contributed by atoms with Crippen LogP contribution in [-0.4, -0.2) is 24.1 Å². The minimum absolute atomic E-state index is 0.163. The van der Waals surface area contributed by atoms with Gasteiger partial charge in [0.25, 0.3) is 0 Å². The van der Waals surface area contributed by atoms with E-state index in [4.69, 9.17) is 21.4 Å². The van der Waals surface area contributed by atoms with Gasteiger partial charge in [-0.05, 0) is 55.1 Å². The van der Waals surface area contributed by atoms with Crippen LogP contribution in [0.2, 0.25) is 0 Å². The highest BCUT2D eigenvalue weighted by molar-refractivity contribution is 7.80. The number of ether oxygens (including phenoxy) is 1. The summed E-state index contributed by atoms with van der Waals surface area (Å²) in [5.74, 6) is -0.0955. The summed E-state index contributed by atoms with van der Waals surface area (Å²) in [6, 6.07) is 3.16. The minimum atomic E-state index is -0.452. The number of esters is 1. The van der Waals surface area contributed by atoms with E-state index < -0.39 is 5.91 Å². The Labute approximate surface area is 160 Å². The normalized spacial score (nSPS) is 15.7. The third-order valence-electron chi connectivity index (χ3n) is 4.16. The van der Waals surface area contributed by atoms with Crippen LogP contribution in [0.25, 0.3) is 0 Å². The second-order valence-corrected chi connectivity index (χ2v) is 7.57. The van der Waals surface area contributed by atoms with Gasteiger partial charge in [-0.1, -0.05) is 6.92 Å². The van der Waals surface area contributed by atoms with Crippen LogP contribution >= 0.6 is 23.6 Å². The largest absolute Gasteiger partial charge is 0.465 e. The second kappa shape index (κ2) is 7.88. The lowest BCUT2D eigenvalue weighted by molar-refractivity contribution is 0.0600. The molecule has 0 spiro atoms. The van der Waals surface area contributed by atoms with E-state index in [2.05, 4.69) is 23.1 Å². The molecule has 3 N–H and O–H groups in total. The molecule has 3 rings (SSSR count). The highest BCUT2D eigenvalue weighted by Crippen LogP contribution is 2.39. The lowest BCUT2D eigenvalue weighted by Crippen LogP contribution is -2.43. The Balaban J connectivity index is 1.71. The number of furan rings is 1. The van der Waals surface area contributed by atoms with E-state index in [0.717, 1.165) is 24.8 Å². The van der Waals surface area contributed by atoms with Crippen molar-refractivity contribution in [1.82, 2.24) is 10.9 Å². The predicted molar refractivity (Wildman–Crippen MR) is 102 cm³/mol. The van der Waals surface area contributed by atoms with Gasteiger partial charge < -0.3 is 14.5 Å². The molecule has 0 radical (unpaired) electrons. The maximum atomic E-state index is 12.3. The molecule has 9 heteroatoms. The third-order valence-corrected chi connectivity index (χ3v) is 5.54. The Morgan fingerprint density at radius 2 is 2.19 bits per heavy atom. The number of amides is 1. The first-order chi connectivity index (χ1) is 12.5. The van der Waals surface area contributed by atoms with Crippen LogP contribution in [0.5, 0.6) is 0 Å². The number of hydrazine groups is 1. The summed E-state index contributed by atoms with van der Waals surface area (Å²) in [6.07, 6.45) is 4.22. The monoisotopic (exact) mass is 393 g/mol. The lowest BCUT2D eigenvalue weighted by Gasteiger charge is -2.18. The number of methoxy groups -OCH3 is 1. The summed E-state index contributed by atoms with van der Waals surface area (Å²) in [4.78, 5) is 25.3. The van der Waals surface area contributed by atoms with E-state index in [-0.39, 0.29) is 16.8 Å². The smallest absolute Gasteiger partial charge is 0.341 e. The molecule has 2 aromatic rings. The topological polar surface area (TPSA) is 92.6 Å². The van der Waals surface area contributed by atoms with Crippen LogP contribution in [0.15, 0.2) is 22.8 Å². The molecule has 0 fully saturated rings. The SMILES string of the molecule is COC(=O)c1c(NC(=S)NNC(=O)c2ccco2)sc2c1CC[C@@H](C)C2. The van der Waals surface area contributed by atoms with E-state index in [1.54, 1.807) is 6.07 Å². The molecule has 1 aliphatic rings. The van der Waals surface area contributed by atoms with E-state index in [1.807, 2.05) is 0 Å². The molecule has 1 amide bonds. The summed E-state index contributed by atoms with van der Waals surface area (Å²) in [5.41, 5.74) is 6.61. The van der Waals surface area contributed by atoms with Gasteiger partial charge >= 0.3 is 11.9 Å². The van der Waals surface area contributed by atoms with Crippen molar-refractivity contribution in [3.63, 3.8) is 0 Å². The maximum absolute atomic E-state index is 12.3. The first kappa shape index (κ1) is 18.4. The summed E-state index contributed by atoms with van der Waals surface area (Å²) >= 11 is 6.72. The average Bonchev–Trinajstić information content (AvgIpc) is 3.26. The van der Waals surface area contributed by atoms with Crippen LogP contribution in [-0.2, 0) is 17.6 Å². The van der Waals surface area contributed by atoms with Crippen molar-refractivity contribution >= 4 is 45.5 Å². The van der Waals surface area contributed by atoms with Crippen molar-refractivity contribution in [2.24, 2.45) is 5.92 Å². The zero-order valence-electron chi connectivity index (χ0n) is 14.4. The number of fused-ring (bicyclic) bond motifs is 1. The molecule has 2 aromatic heterocycles. The van der Waals surface area contributed by atoms with Crippen molar-refractivity contribution in [3.05, 3.63) is 40.2 Å². The fourth-order valence-corrected chi connectivity index (χ4v) is 4.50. The van der Waals surface area contributed by atoms with Crippen LogP contribution < -0.4 is 16.2 Å². The number of carbonyl (C=O) groups is 2. The molecule has 2 heterocycles. The Morgan fingerprint density at radius 1 is 1.38 bits per heavy atom. The number of anilines is 1. The number of thiocarbonyl (C=S) groups is 1. The van der Waals surface area contributed by atoms with Crippen LogP contribution in [0, 0.1) is 5.92 Å². The molecule has 26 heavy (non-hydrogen) atoms. The van der Waals surface area contributed by atoms with Crippen molar-refractivity contribution in [1.29, 1.82) is 0 Å². The van der Waals surface area contributed by atoms with Gasteiger partial charge in [-0.15, -0.1) is 11.3 Å². The van der Waals surface area contributed by atoms with Crippen molar-refractivity contribution < 1.29 is 18.7 Å². The minimum Gasteiger partial charge on any atom is -0.465 e. The van der Waals surface area contributed by atoms with Crippen molar-refractivity contribution in [3.8, 4) is 0 Å².